The minimum atomic E-state index is -0.215. The third-order valence-electron chi connectivity index (χ3n) is 10.3. The lowest BCUT2D eigenvalue weighted by Crippen LogP contribution is -2.56. The van der Waals surface area contributed by atoms with E-state index < -0.39 is 0 Å². The molecule has 1 atom stereocenters. The van der Waals surface area contributed by atoms with Crippen molar-refractivity contribution in [2.45, 2.75) is 57.3 Å². The van der Waals surface area contributed by atoms with Crippen LogP contribution in [0.1, 0.15) is 59.9 Å². The van der Waals surface area contributed by atoms with E-state index in [2.05, 4.69) is 46.1 Å². The van der Waals surface area contributed by atoms with E-state index >= 15 is 0 Å². The number of nitrogens with zero attached hydrogens (tertiary/aromatic N) is 3. The van der Waals surface area contributed by atoms with Crippen molar-refractivity contribution in [3.8, 4) is 0 Å². The molecule has 2 aromatic carbocycles. The number of aromatic nitrogens is 1. The summed E-state index contributed by atoms with van der Waals surface area (Å²) in [6.45, 7) is 0.982. The molecule has 6 heteroatoms. The van der Waals surface area contributed by atoms with Gasteiger partial charge in [0, 0.05) is 30.5 Å². The second kappa shape index (κ2) is 7.86. The molecule has 2 amide bonds. The van der Waals surface area contributed by atoms with Crippen LogP contribution >= 0.6 is 0 Å². The molecule has 4 saturated carbocycles. The van der Waals surface area contributed by atoms with E-state index in [9.17, 15) is 9.59 Å². The highest BCUT2D eigenvalue weighted by atomic mass is 16.2. The highest BCUT2D eigenvalue weighted by Gasteiger charge is 2.49. The summed E-state index contributed by atoms with van der Waals surface area (Å²) in [7, 11) is 2.08. The van der Waals surface area contributed by atoms with Crippen LogP contribution in [-0.4, -0.2) is 40.9 Å². The number of anilines is 1. The Morgan fingerprint density at radius 3 is 2.43 bits per heavy atom. The van der Waals surface area contributed by atoms with E-state index in [4.69, 9.17) is 0 Å². The molecule has 6 aliphatic rings. The molecule has 9 rings (SSSR count). The average Bonchev–Trinajstić information content (AvgIpc) is 3.22. The Morgan fingerprint density at radius 2 is 1.65 bits per heavy atom. The van der Waals surface area contributed by atoms with Crippen LogP contribution in [-0.2, 0) is 17.8 Å². The van der Waals surface area contributed by atoms with Gasteiger partial charge in [0.25, 0.3) is 5.91 Å². The number of benzene rings is 2. The number of para-hydroxylation sites is 2. The Hall–Kier alpha value is -3.28. The van der Waals surface area contributed by atoms with Crippen molar-refractivity contribution in [1.29, 1.82) is 0 Å². The smallest absolute Gasteiger partial charge is 0.257 e. The fourth-order valence-electron chi connectivity index (χ4n) is 9.01. The van der Waals surface area contributed by atoms with Gasteiger partial charge in [0.15, 0.2) is 0 Å². The molecule has 4 aliphatic carbocycles. The Kier molecular flexibility index (Phi) is 4.62. The van der Waals surface area contributed by atoms with Gasteiger partial charge in [-0.1, -0.05) is 30.3 Å². The minimum absolute atomic E-state index is 0.0826. The number of fused-ring (bicyclic) bond motifs is 6. The average molecular weight is 495 g/mol. The molecule has 6 nitrogen and oxygen atoms in total. The molecular formula is C31H34N4O2. The standard InChI is InChI=1S/C31H34N4O2/c1-33-25-8-4-3-7-24(25)31(37)34-11-10-23-22-6-2-5-9-26(22)35(29(23)30(33)34)17-27(36)32-28-20-13-18-12-19(15-20)16-21(28)14-18/h2-9,18-21,28,30H,10-17H2,1H3,(H,32,36). The molecule has 1 aromatic heterocycles. The van der Waals surface area contributed by atoms with E-state index in [1.165, 1.54) is 43.1 Å². The fraction of sp³-hybridized carbons (Fsp3) is 0.484. The zero-order valence-corrected chi connectivity index (χ0v) is 21.4. The second-order valence-electron chi connectivity index (χ2n) is 12.2. The van der Waals surface area contributed by atoms with Crippen molar-refractivity contribution in [2.24, 2.45) is 23.7 Å². The monoisotopic (exact) mass is 494 g/mol. The number of carbonyl (C=O) groups is 2. The van der Waals surface area contributed by atoms with Gasteiger partial charge in [-0.3, -0.25) is 9.59 Å². The molecule has 2 aliphatic heterocycles. The maximum Gasteiger partial charge on any atom is 0.257 e. The van der Waals surface area contributed by atoms with Crippen molar-refractivity contribution in [3.05, 3.63) is 65.4 Å². The van der Waals surface area contributed by atoms with Crippen LogP contribution in [0.3, 0.4) is 0 Å². The number of nitrogens with one attached hydrogen (secondary N) is 1. The first-order valence-corrected chi connectivity index (χ1v) is 14.1. The number of rotatable bonds is 3. The van der Waals surface area contributed by atoms with Gasteiger partial charge in [0.05, 0.1) is 16.9 Å². The molecule has 4 fully saturated rings. The third kappa shape index (κ3) is 3.11. The lowest BCUT2D eigenvalue weighted by Gasteiger charge is -2.54. The van der Waals surface area contributed by atoms with Crippen molar-refractivity contribution in [2.75, 3.05) is 18.5 Å². The number of amides is 2. The van der Waals surface area contributed by atoms with E-state index in [0.29, 0.717) is 31.0 Å². The first kappa shape index (κ1) is 21.8. The Morgan fingerprint density at radius 1 is 0.946 bits per heavy atom. The Labute approximate surface area is 217 Å². The van der Waals surface area contributed by atoms with Gasteiger partial charge >= 0.3 is 0 Å². The number of carbonyl (C=O) groups excluding carboxylic acids is 2. The van der Waals surface area contributed by atoms with Gasteiger partial charge in [-0.05, 0) is 86.0 Å². The summed E-state index contributed by atoms with van der Waals surface area (Å²) in [6, 6.07) is 16.7. The summed E-state index contributed by atoms with van der Waals surface area (Å²) < 4.78 is 2.21. The fourth-order valence-corrected chi connectivity index (χ4v) is 9.01. The van der Waals surface area contributed by atoms with Gasteiger partial charge in [0.1, 0.15) is 12.7 Å². The third-order valence-corrected chi connectivity index (χ3v) is 10.3. The normalized spacial score (nSPS) is 31.3. The summed E-state index contributed by atoms with van der Waals surface area (Å²) in [6.07, 6.45) is 7.19. The summed E-state index contributed by atoms with van der Waals surface area (Å²) in [5, 5.41) is 4.73. The van der Waals surface area contributed by atoms with Crippen LogP contribution in [0.2, 0.25) is 0 Å². The van der Waals surface area contributed by atoms with Gasteiger partial charge < -0.3 is 19.7 Å². The molecule has 3 heterocycles. The van der Waals surface area contributed by atoms with E-state index in [1.54, 1.807) is 0 Å². The Balaban J connectivity index is 1.17. The van der Waals surface area contributed by atoms with E-state index in [1.807, 2.05) is 29.2 Å². The van der Waals surface area contributed by atoms with Crippen LogP contribution < -0.4 is 10.2 Å². The molecule has 1 unspecified atom stereocenters. The van der Waals surface area contributed by atoms with E-state index in [0.717, 1.165) is 40.7 Å². The molecule has 37 heavy (non-hydrogen) atoms. The summed E-state index contributed by atoms with van der Waals surface area (Å²) in [5.74, 6) is 3.30. The largest absolute Gasteiger partial charge is 0.351 e. The predicted molar refractivity (Wildman–Crippen MR) is 143 cm³/mol. The Bertz CT molecular complexity index is 1410. The van der Waals surface area contributed by atoms with Crippen LogP contribution in [0, 0.1) is 23.7 Å². The highest BCUT2D eigenvalue weighted by molar-refractivity contribution is 6.02. The van der Waals surface area contributed by atoms with Crippen LogP contribution in [0.5, 0.6) is 0 Å². The second-order valence-corrected chi connectivity index (χ2v) is 12.2. The maximum absolute atomic E-state index is 13.7. The van der Waals surface area contributed by atoms with Crippen LogP contribution in [0.25, 0.3) is 10.9 Å². The van der Waals surface area contributed by atoms with Crippen molar-refractivity contribution in [1.82, 2.24) is 14.8 Å². The van der Waals surface area contributed by atoms with Gasteiger partial charge in [-0.2, -0.15) is 0 Å². The molecule has 0 saturated heterocycles. The zero-order valence-electron chi connectivity index (χ0n) is 21.4. The molecule has 0 radical (unpaired) electrons. The zero-order chi connectivity index (χ0) is 24.8. The topological polar surface area (TPSA) is 57.6 Å². The van der Waals surface area contributed by atoms with Crippen LogP contribution in [0.15, 0.2) is 48.5 Å². The summed E-state index contributed by atoms with van der Waals surface area (Å²) in [4.78, 5) is 31.5. The highest BCUT2D eigenvalue weighted by Crippen LogP contribution is 2.53. The van der Waals surface area contributed by atoms with Crippen molar-refractivity contribution in [3.63, 3.8) is 0 Å². The first-order chi connectivity index (χ1) is 18.1. The van der Waals surface area contributed by atoms with Crippen molar-refractivity contribution < 1.29 is 9.59 Å². The number of hydrogen-bond acceptors (Lipinski definition) is 3. The molecular weight excluding hydrogens is 460 g/mol. The van der Waals surface area contributed by atoms with Crippen molar-refractivity contribution >= 4 is 28.4 Å². The summed E-state index contributed by atoms with van der Waals surface area (Å²) in [5.41, 5.74) is 5.18. The maximum atomic E-state index is 13.7. The quantitative estimate of drug-likeness (QED) is 0.573. The lowest BCUT2D eigenvalue weighted by molar-refractivity contribution is -0.125. The molecule has 1 N–H and O–H groups in total. The molecule has 0 spiro atoms. The SMILES string of the molecule is CN1c2ccccc2C(=O)N2CCc3c(n(CC(=O)NC4C5CC6CC(C5)CC4C6)c4ccccc34)C21. The summed E-state index contributed by atoms with van der Waals surface area (Å²) >= 11 is 0. The first-order valence-electron chi connectivity index (χ1n) is 14.1. The molecule has 4 bridgehead atoms. The van der Waals surface area contributed by atoms with Gasteiger partial charge in [0.2, 0.25) is 5.91 Å². The van der Waals surface area contributed by atoms with Crippen LogP contribution in [0.4, 0.5) is 5.69 Å². The predicted octanol–water partition coefficient (Wildman–Crippen LogP) is 4.73. The lowest BCUT2D eigenvalue weighted by atomic mass is 9.54. The van der Waals surface area contributed by atoms with Gasteiger partial charge in [-0.25, -0.2) is 0 Å². The molecule has 190 valence electrons. The van der Waals surface area contributed by atoms with Gasteiger partial charge in [-0.15, -0.1) is 0 Å². The minimum Gasteiger partial charge on any atom is -0.351 e. The van der Waals surface area contributed by atoms with E-state index in [-0.39, 0.29) is 18.0 Å². The molecule has 3 aromatic rings. The number of hydrogen-bond donors (Lipinski definition) is 1.